The molecular weight excluding hydrogens is 382 g/mol. The van der Waals surface area contributed by atoms with E-state index in [4.69, 9.17) is 5.73 Å². The molecule has 3 N–H and O–H groups in total. The molecule has 5 nitrogen and oxygen atoms in total. The van der Waals surface area contributed by atoms with Gasteiger partial charge in [0.05, 0.1) is 11.5 Å². The molecule has 4 rings (SSSR count). The number of anilines is 1. The lowest BCUT2D eigenvalue weighted by atomic mass is 9.90. The highest BCUT2D eigenvalue weighted by Crippen LogP contribution is 2.37. The van der Waals surface area contributed by atoms with Crippen LogP contribution >= 0.6 is 11.3 Å². The largest absolute Gasteiger partial charge is 0.365 e. The molecular formula is C23H23N3O2S. The highest BCUT2D eigenvalue weighted by molar-refractivity contribution is 7.17. The van der Waals surface area contributed by atoms with E-state index >= 15 is 0 Å². The molecule has 2 amide bonds. The third kappa shape index (κ3) is 3.95. The van der Waals surface area contributed by atoms with Crippen molar-refractivity contribution in [3.63, 3.8) is 0 Å². The summed E-state index contributed by atoms with van der Waals surface area (Å²) >= 11 is 1.46. The Morgan fingerprint density at radius 3 is 2.17 bits per heavy atom. The number of hydrogen-bond acceptors (Lipinski definition) is 4. The molecule has 29 heavy (non-hydrogen) atoms. The molecule has 6 heteroatoms. The number of primary amides is 1. The summed E-state index contributed by atoms with van der Waals surface area (Å²) < 4.78 is 0. The quantitative estimate of drug-likeness (QED) is 0.681. The number of carbonyl (C=O) groups is 2. The van der Waals surface area contributed by atoms with Crippen LogP contribution in [0.15, 0.2) is 60.7 Å². The number of carbonyl (C=O) groups excluding carboxylic acids is 2. The lowest BCUT2D eigenvalue weighted by Crippen LogP contribution is -2.27. The van der Waals surface area contributed by atoms with E-state index < -0.39 is 11.8 Å². The van der Waals surface area contributed by atoms with Gasteiger partial charge >= 0.3 is 0 Å². The van der Waals surface area contributed by atoms with Gasteiger partial charge in [0.25, 0.3) is 5.91 Å². The lowest BCUT2D eigenvalue weighted by molar-refractivity contribution is -0.116. The number of thiophene rings is 1. The smallest absolute Gasteiger partial charge is 0.251 e. The predicted molar refractivity (Wildman–Crippen MR) is 116 cm³/mol. The Balaban J connectivity index is 1.71. The number of fused-ring (bicyclic) bond motifs is 1. The van der Waals surface area contributed by atoms with Crippen molar-refractivity contribution in [2.75, 3.05) is 18.9 Å². The highest BCUT2D eigenvalue weighted by atomic mass is 32.1. The van der Waals surface area contributed by atoms with Crippen molar-refractivity contribution in [1.29, 1.82) is 0 Å². The van der Waals surface area contributed by atoms with Crippen molar-refractivity contribution in [3.05, 3.63) is 87.8 Å². The fourth-order valence-electron chi connectivity index (χ4n) is 3.85. The SMILES string of the molecule is CN1CCc2c(sc(NC(=O)C(c3ccccc3)c3ccccc3)c2C(N)=O)C1. The van der Waals surface area contributed by atoms with Crippen molar-refractivity contribution in [2.24, 2.45) is 5.73 Å². The number of hydrogen-bond donors (Lipinski definition) is 2. The van der Waals surface area contributed by atoms with Crippen molar-refractivity contribution >= 4 is 28.2 Å². The minimum atomic E-state index is -0.488. The molecule has 0 radical (unpaired) electrons. The molecule has 1 aliphatic rings. The maximum Gasteiger partial charge on any atom is 0.251 e. The monoisotopic (exact) mass is 405 g/mol. The van der Waals surface area contributed by atoms with Gasteiger partial charge in [-0.2, -0.15) is 0 Å². The van der Waals surface area contributed by atoms with Crippen LogP contribution in [0.4, 0.5) is 5.00 Å². The first-order valence-electron chi connectivity index (χ1n) is 9.58. The van der Waals surface area contributed by atoms with Crippen molar-refractivity contribution < 1.29 is 9.59 Å². The van der Waals surface area contributed by atoms with Gasteiger partial charge < -0.3 is 16.0 Å². The van der Waals surface area contributed by atoms with Gasteiger partial charge in [-0.25, -0.2) is 0 Å². The van der Waals surface area contributed by atoms with Crippen LogP contribution < -0.4 is 11.1 Å². The number of benzene rings is 2. The van der Waals surface area contributed by atoms with Crippen LogP contribution in [0, 0.1) is 0 Å². The third-order valence-electron chi connectivity index (χ3n) is 5.26. The Bertz CT molecular complexity index is 992. The molecule has 0 aliphatic carbocycles. The van der Waals surface area contributed by atoms with E-state index in [1.165, 1.54) is 11.3 Å². The van der Waals surface area contributed by atoms with Crippen molar-refractivity contribution in [2.45, 2.75) is 18.9 Å². The van der Waals surface area contributed by atoms with Crippen molar-refractivity contribution in [3.8, 4) is 0 Å². The minimum absolute atomic E-state index is 0.170. The number of nitrogens with one attached hydrogen (secondary N) is 1. The molecule has 3 aromatic rings. The normalized spacial score (nSPS) is 13.9. The summed E-state index contributed by atoms with van der Waals surface area (Å²) in [5, 5.41) is 3.58. The first-order chi connectivity index (χ1) is 14.0. The summed E-state index contributed by atoms with van der Waals surface area (Å²) in [4.78, 5) is 28.9. The lowest BCUT2D eigenvalue weighted by Gasteiger charge is -2.22. The summed E-state index contributed by atoms with van der Waals surface area (Å²) in [7, 11) is 2.05. The van der Waals surface area contributed by atoms with E-state index in [0.29, 0.717) is 10.6 Å². The Morgan fingerprint density at radius 2 is 1.62 bits per heavy atom. The zero-order valence-corrected chi connectivity index (χ0v) is 17.0. The maximum absolute atomic E-state index is 13.4. The van der Waals surface area contributed by atoms with Crippen LogP contribution in [0.25, 0.3) is 0 Å². The molecule has 2 aromatic carbocycles. The minimum Gasteiger partial charge on any atom is -0.365 e. The Morgan fingerprint density at radius 1 is 1.03 bits per heavy atom. The van der Waals surface area contributed by atoms with Crippen LogP contribution in [-0.2, 0) is 17.8 Å². The van der Waals surface area contributed by atoms with E-state index in [-0.39, 0.29) is 5.91 Å². The number of rotatable bonds is 5. The highest BCUT2D eigenvalue weighted by Gasteiger charge is 2.29. The van der Waals surface area contributed by atoms with Crippen LogP contribution in [-0.4, -0.2) is 30.3 Å². The van der Waals surface area contributed by atoms with Gasteiger partial charge in [0, 0.05) is 18.0 Å². The van der Waals surface area contributed by atoms with Crippen molar-refractivity contribution in [1.82, 2.24) is 4.90 Å². The average molecular weight is 406 g/mol. The van der Waals surface area contributed by atoms with Crippen LogP contribution in [0.1, 0.15) is 37.8 Å². The van der Waals surface area contributed by atoms with Gasteiger partial charge in [-0.1, -0.05) is 60.7 Å². The molecule has 1 aromatic heterocycles. The second kappa shape index (κ2) is 8.19. The van der Waals surface area contributed by atoms with Crippen LogP contribution in [0.2, 0.25) is 0 Å². The van der Waals surface area contributed by atoms with Crippen LogP contribution in [0.5, 0.6) is 0 Å². The van der Waals surface area contributed by atoms with E-state index in [0.717, 1.165) is 41.1 Å². The first kappa shape index (κ1) is 19.4. The molecule has 2 heterocycles. The maximum atomic E-state index is 13.4. The van der Waals surface area contributed by atoms with E-state index in [1.807, 2.05) is 67.7 Å². The fraction of sp³-hybridized carbons (Fsp3) is 0.217. The Hall–Kier alpha value is -2.96. The molecule has 0 fully saturated rings. The molecule has 0 unspecified atom stereocenters. The number of amides is 2. The first-order valence-corrected chi connectivity index (χ1v) is 10.4. The zero-order valence-electron chi connectivity index (χ0n) is 16.2. The van der Waals surface area contributed by atoms with Gasteiger partial charge in [0.1, 0.15) is 5.00 Å². The molecule has 1 aliphatic heterocycles. The fourth-order valence-corrected chi connectivity index (χ4v) is 5.19. The standard InChI is InChI=1S/C23H23N3O2S/c1-26-13-12-17-18(14-26)29-23(20(17)21(24)27)25-22(28)19(15-8-4-2-5-9-15)16-10-6-3-7-11-16/h2-11,19H,12-14H2,1H3,(H2,24,27)(H,25,28). The molecule has 148 valence electrons. The molecule has 0 saturated carbocycles. The van der Waals surface area contributed by atoms with Crippen LogP contribution in [0.3, 0.4) is 0 Å². The summed E-state index contributed by atoms with van der Waals surface area (Å²) in [5.74, 6) is -1.13. The second-order valence-electron chi connectivity index (χ2n) is 7.30. The second-order valence-corrected chi connectivity index (χ2v) is 8.41. The topological polar surface area (TPSA) is 75.4 Å². The van der Waals surface area contributed by atoms with E-state index in [2.05, 4.69) is 10.2 Å². The van der Waals surface area contributed by atoms with Gasteiger partial charge in [-0.3, -0.25) is 9.59 Å². The summed E-state index contributed by atoms with van der Waals surface area (Å²) in [6.45, 7) is 1.63. The number of nitrogens with two attached hydrogens (primary N) is 1. The third-order valence-corrected chi connectivity index (χ3v) is 6.39. The Kier molecular flexibility index (Phi) is 5.47. The van der Waals surface area contributed by atoms with E-state index in [1.54, 1.807) is 0 Å². The van der Waals surface area contributed by atoms with E-state index in [9.17, 15) is 9.59 Å². The van der Waals surface area contributed by atoms with Gasteiger partial charge in [-0.05, 0) is 30.2 Å². The molecule has 0 atom stereocenters. The van der Waals surface area contributed by atoms with Gasteiger partial charge in [0.2, 0.25) is 5.91 Å². The molecule has 0 spiro atoms. The summed E-state index contributed by atoms with van der Waals surface area (Å²) in [5.41, 5.74) is 8.94. The molecule has 0 saturated heterocycles. The zero-order chi connectivity index (χ0) is 20.4. The molecule has 0 bridgehead atoms. The predicted octanol–water partition coefficient (Wildman–Crippen LogP) is 3.61. The number of nitrogens with zero attached hydrogens (tertiary/aromatic N) is 1. The summed E-state index contributed by atoms with van der Waals surface area (Å²) in [6, 6.07) is 19.3. The average Bonchev–Trinajstić information content (AvgIpc) is 3.06. The number of likely N-dealkylation sites (N-methyl/N-ethyl adjacent to an activating group) is 1. The van der Waals surface area contributed by atoms with Gasteiger partial charge in [0.15, 0.2) is 0 Å². The van der Waals surface area contributed by atoms with Gasteiger partial charge in [-0.15, -0.1) is 11.3 Å². The summed E-state index contributed by atoms with van der Waals surface area (Å²) in [6.07, 6.45) is 0.761. The Labute approximate surface area is 174 Å².